The molecular weight excluding hydrogens is 244 g/mol. The van der Waals surface area contributed by atoms with E-state index in [9.17, 15) is 9.59 Å². The summed E-state index contributed by atoms with van der Waals surface area (Å²) in [5.41, 5.74) is 5.17. The molecule has 0 saturated heterocycles. The van der Waals surface area contributed by atoms with Crippen LogP contribution in [-0.4, -0.2) is 67.4 Å². The maximum absolute atomic E-state index is 11.9. The largest absolute Gasteiger partial charge is 0.346 e. The summed E-state index contributed by atoms with van der Waals surface area (Å²) >= 11 is 0. The highest BCUT2D eigenvalue weighted by molar-refractivity contribution is 5.85. The van der Waals surface area contributed by atoms with Gasteiger partial charge in [0.05, 0.1) is 13.1 Å². The first-order valence-electron chi connectivity index (χ1n) is 7.05. The Morgan fingerprint density at radius 2 is 1.68 bits per heavy atom. The lowest BCUT2D eigenvalue weighted by molar-refractivity contribution is -0.132. The van der Waals surface area contributed by atoms with Gasteiger partial charge in [0.2, 0.25) is 11.8 Å². The first kappa shape index (κ1) is 17.9. The Balaban J connectivity index is 3.98. The minimum Gasteiger partial charge on any atom is -0.346 e. The van der Waals surface area contributed by atoms with Crippen LogP contribution < -0.4 is 11.1 Å². The third kappa shape index (κ3) is 7.79. The van der Waals surface area contributed by atoms with E-state index in [0.717, 1.165) is 32.6 Å². The molecule has 3 N–H and O–H groups in total. The van der Waals surface area contributed by atoms with Crippen molar-refractivity contribution in [1.29, 1.82) is 0 Å². The van der Waals surface area contributed by atoms with Crippen molar-refractivity contribution in [1.82, 2.24) is 15.1 Å². The first-order chi connectivity index (χ1) is 9.08. The molecule has 19 heavy (non-hydrogen) atoms. The predicted molar refractivity (Wildman–Crippen MR) is 76.7 cm³/mol. The van der Waals surface area contributed by atoms with Crippen LogP contribution in [0.2, 0.25) is 0 Å². The molecule has 0 aliphatic carbocycles. The Morgan fingerprint density at radius 1 is 1.05 bits per heavy atom. The molecule has 0 unspecified atom stereocenters. The zero-order chi connectivity index (χ0) is 14.7. The second-order valence-corrected chi connectivity index (χ2v) is 4.33. The Hall–Kier alpha value is -1.14. The van der Waals surface area contributed by atoms with E-state index in [2.05, 4.69) is 24.1 Å². The molecule has 6 heteroatoms. The van der Waals surface area contributed by atoms with Gasteiger partial charge in [-0.3, -0.25) is 9.59 Å². The molecule has 0 heterocycles. The highest BCUT2D eigenvalue weighted by Crippen LogP contribution is 1.96. The van der Waals surface area contributed by atoms with E-state index in [1.54, 1.807) is 4.90 Å². The summed E-state index contributed by atoms with van der Waals surface area (Å²) in [5, 5.41) is 2.50. The number of carbonyl (C=O) groups excluding carboxylic acids is 2. The van der Waals surface area contributed by atoms with Gasteiger partial charge in [-0.05, 0) is 33.0 Å². The fourth-order valence-electron chi connectivity index (χ4n) is 1.84. The third-order valence-electron chi connectivity index (χ3n) is 3.15. The normalized spacial score (nSPS) is 10.6. The Morgan fingerprint density at radius 3 is 2.16 bits per heavy atom. The number of hydrogen-bond acceptors (Lipinski definition) is 4. The van der Waals surface area contributed by atoms with Gasteiger partial charge in [0.1, 0.15) is 0 Å². The second kappa shape index (κ2) is 10.8. The van der Waals surface area contributed by atoms with E-state index in [1.807, 2.05) is 6.92 Å². The fourth-order valence-corrected chi connectivity index (χ4v) is 1.84. The van der Waals surface area contributed by atoms with Gasteiger partial charge in [0.25, 0.3) is 0 Å². The van der Waals surface area contributed by atoms with Gasteiger partial charge in [-0.25, -0.2) is 0 Å². The summed E-state index contributed by atoms with van der Waals surface area (Å²) in [6.45, 7) is 10.6. The molecule has 0 rings (SSSR count). The molecule has 0 saturated carbocycles. The van der Waals surface area contributed by atoms with Gasteiger partial charge in [-0.1, -0.05) is 13.8 Å². The number of nitrogens with two attached hydrogens (primary N) is 1. The molecule has 0 aromatic heterocycles. The Kier molecular flexibility index (Phi) is 10.1. The van der Waals surface area contributed by atoms with Gasteiger partial charge in [-0.2, -0.15) is 0 Å². The number of amides is 2. The van der Waals surface area contributed by atoms with Crippen LogP contribution in [0.15, 0.2) is 0 Å². The molecule has 0 bridgehead atoms. The highest BCUT2D eigenvalue weighted by atomic mass is 16.2. The number of rotatable bonds is 10. The van der Waals surface area contributed by atoms with E-state index in [-0.39, 0.29) is 24.9 Å². The molecule has 0 spiro atoms. The van der Waals surface area contributed by atoms with E-state index >= 15 is 0 Å². The number of likely N-dealkylation sites (N-methyl/N-ethyl adjacent to an activating group) is 1. The van der Waals surface area contributed by atoms with Crippen LogP contribution in [0.1, 0.15) is 27.2 Å². The minimum atomic E-state index is -0.299. The van der Waals surface area contributed by atoms with E-state index in [1.165, 1.54) is 0 Å². The van der Waals surface area contributed by atoms with E-state index in [0.29, 0.717) is 6.54 Å². The molecule has 0 aliphatic heterocycles. The van der Waals surface area contributed by atoms with Gasteiger partial charge in [0.15, 0.2) is 0 Å². The standard InChI is InChI=1S/C13H28N4O2/c1-4-16(5-2)8-7-9-17(6-3)13(19)11-15-12(18)10-14/h4-11,14H2,1-3H3,(H,15,18). The predicted octanol–water partition coefficient (Wildman–Crippen LogP) is -0.358. The number of hydrogen-bond donors (Lipinski definition) is 2. The van der Waals surface area contributed by atoms with Crippen molar-refractivity contribution in [2.24, 2.45) is 5.73 Å². The van der Waals surface area contributed by atoms with Crippen LogP contribution in [0.25, 0.3) is 0 Å². The van der Waals surface area contributed by atoms with Crippen molar-refractivity contribution in [2.45, 2.75) is 27.2 Å². The lowest BCUT2D eigenvalue weighted by Gasteiger charge is -2.23. The first-order valence-corrected chi connectivity index (χ1v) is 7.05. The Bertz CT molecular complexity index is 267. The molecule has 0 aromatic carbocycles. The zero-order valence-electron chi connectivity index (χ0n) is 12.4. The van der Waals surface area contributed by atoms with Crippen LogP contribution in [-0.2, 0) is 9.59 Å². The highest BCUT2D eigenvalue weighted by Gasteiger charge is 2.12. The second-order valence-electron chi connectivity index (χ2n) is 4.33. The topological polar surface area (TPSA) is 78.7 Å². The summed E-state index contributed by atoms with van der Waals surface area (Å²) in [7, 11) is 0. The molecule has 0 aromatic rings. The summed E-state index contributed by atoms with van der Waals surface area (Å²) in [6, 6.07) is 0. The molecular formula is C13H28N4O2. The van der Waals surface area contributed by atoms with Crippen LogP contribution in [0, 0.1) is 0 Å². The van der Waals surface area contributed by atoms with Gasteiger partial charge >= 0.3 is 0 Å². The SMILES string of the molecule is CCN(CC)CCCN(CC)C(=O)CNC(=O)CN. The quantitative estimate of drug-likeness (QED) is 0.569. The van der Waals surface area contributed by atoms with Crippen LogP contribution in [0.3, 0.4) is 0 Å². The maximum atomic E-state index is 11.9. The van der Waals surface area contributed by atoms with E-state index in [4.69, 9.17) is 5.73 Å². The van der Waals surface area contributed by atoms with Crippen LogP contribution >= 0.6 is 0 Å². The minimum absolute atomic E-state index is 0.0368. The zero-order valence-corrected chi connectivity index (χ0v) is 12.4. The molecule has 0 fully saturated rings. The van der Waals surface area contributed by atoms with E-state index < -0.39 is 0 Å². The van der Waals surface area contributed by atoms with Crippen molar-refractivity contribution in [2.75, 3.05) is 45.8 Å². The molecule has 0 radical (unpaired) electrons. The average Bonchev–Trinajstić information content (AvgIpc) is 2.44. The molecule has 0 aliphatic rings. The fraction of sp³-hybridized carbons (Fsp3) is 0.846. The smallest absolute Gasteiger partial charge is 0.241 e. The van der Waals surface area contributed by atoms with Crippen molar-refractivity contribution in [3.05, 3.63) is 0 Å². The van der Waals surface area contributed by atoms with Gasteiger partial charge in [0, 0.05) is 13.1 Å². The van der Waals surface area contributed by atoms with Crippen LogP contribution in [0.5, 0.6) is 0 Å². The lowest BCUT2D eigenvalue weighted by Crippen LogP contribution is -2.42. The molecule has 112 valence electrons. The number of nitrogens with one attached hydrogen (secondary N) is 1. The maximum Gasteiger partial charge on any atom is 0.241 e. The summed E-state index contributed by atoms with van der Waals surface area (Å²) in [5.74, 6) is -0.351. The summed E-state index contributed by atoms with van der Waals surface area (Å²) in [6.07, 6.45) is 0.950. The number of nitrogens with zero attached hydrogens (tertiary/aromatic N) is 2. The molecule has 0 atom stereocenters. The average molecular weight is 272 g/mol. The van der Waals surface area contributed by atoms with Crippen molar-refractivity contribution in [3.63, 3.8) is 0 Å². The molecule has 6 nitrogen and oxygen atoms in total. The number of carbonyl (C=O) groups is 2. The van der Waals surface area contributed by atoms with Crippen molar-refractivity contribution in [3.8, 4) is 0 Å². The van der Waals surface area contributed by atoms with Crippen molar-refractivity contribution < 1.29 is 9.59 Å². The van der Waals surface area contributed by atoms with Gasteiger partial charge in [-0.15, -0.1) is 0 Å². The summed E-state index contributed by atoms with van der Waals surface area (Å²) < 4.78 is 0. The lowest BCUT2D eigenvalue weighted by atomic mass is 10.3. The Labute approximate surface area is 116 Å². The summed E-state index contributed by atoms with van der Waals surface area (Å²) in [4.78, 5) is 27.0. The molecule has 2 amide bonds. The van der Waals surface area contributed by atoms with Gasteiger partial charge < -0.3 is 20.9 Å². The monoisotopic (exact) mass is 272 g/mol. The van der Waals surface area contributed by atoms with Crippen LogP contribution in [0.4, 0.5) is 0 Å². The third-order valence-corrected chi connectivity index (χ3v) is 3.15. The van der Waals surface area contributed by atoms with Crippen molar-refractivity contribution >= 4 is 11.8 Å².